The molecule has 1 amide bonds. The van der Waals surface area contributed by atoms with E-state index in [0.717, 1.165) is 18.7 Å². The van der Waals surface area contributed by atoms with Crippen LogP contribution in [0.3, 0.4) is 0 Å². The zero-order valence-electron chi connectivity index (χ0n) is 9.14. The van der Waals surface area contributed by atoms with Crippen LogP contribution >= 0.6 is 0 Å². The van der Waals surface area contributed by atoms with E-state index in [1.807, 2.05) is 0 Å². The molecule has 0 aliphatic heterocycles. The normalized spacial score (nSPS) is 12.3. The molecule has 0 radical (unpaired) electrons. The molecule has 0 saturated carbocycles. The summed E-state index contributed by atoms with van der Waals surface area (Å²) in [6, 6.07) is 0. The van der Waals surface area contributed by atoms with Crippen molar-refractivity contribution in [3.8, 4) is 0 Å². The maximum Gasteiger partial charge on any atom is 0.324 e. The molecule has 7 heteroatoms. The summed E-state index contributed by atoms with van der Waals surface area (Å²) in [7, 11) is -1.18. The van der Waals surface area contributed by atoms with Gasteiger partial charge in [-0.3, -0.25) is 9.59 Å². The molecule has 0 aliphatic rings. The highest BCUT2D eigenvalue weighted by Crippen LogP contribution is 2.17. The van der Waals surface area contributed by atoms with Gasteiger partial charge in [0.25, 0.3) is 0 Å². The lowest BCUT2D eigenvalue weighted by molar-refractivity contribution is -0.139. The molecule has 0 fully saturated rings. The molecule has 15 heavy (non-hydrogen) atoms. The number of carbonyl (C=O) groups is 2. The number of sulfone groups is 1. The Morgan fingerprint density at radius 1 is 1.27 bits per heavy atom. The Bertz CT molecular complexity index is 368. The first-order valence-electron chi connectivity index (χ1n) is 4.18. The van der Waals surface area contributed by atoms with E-state index in [2.05, 4.69) is 0 Å². The summed E-state index contributed by atoms with van der Waals surface area (Å²) >= 11 is 0. The summed E-state index contributed by atoms with van der Waals surface area (Å²) < 4.78 is 21.2. The fourth-order valence-corrected chi connectivity index (χ4v) is 1.82. The van der Waals surface area contributed by atoms with Gasteiger partial charge in [-0.2, -0.15) is 0 Å². The molecule has 0 aromatic rings. The van der Waals surface area contributed by atoms with Crippen molar-refractivity contribution in [3.05, 3.63) is 0 Å². The predicted molar refractivity (Wildman–Crippen MR) is 54.2 cm³/mol. The second-order valence-corrected chi connectivity index (χ2v) is 6.40. The number of carboxylic acids is 1. The van der Waals surface area contributed by atoms with E-state index in [-0.39, 0.29) is 0 Å². The zero-order valence-corrected chi connectivity index (χ0v) is 9.96. The van der Waals surface area contributed by atoms with Gasteiger partial charge < -0.3 is 10.0 Å². The maximum atomic E-state index is 11.6. The Labute approximate surface area is 88.8 Å². The number of hydrogen-bond donors (Lipinski definition) is 1. The lowest BCUT2D eigenvalue weighted by Gasteiger charge is -2.20. The van der Waals surface area contributed by atoms with Crippen molar-refractivity contribution in [1.29, 1.82) is 0 Å². The minimum atomic E-state index is -3.99. The average molecular weight is 237 g/mol. The predicted octanol–water partition coefficient (Wildman–Crippen LogP) is -0.647. The summed E-state index contributed by atoms with van der Waals surface area (Å²) in [5, 5.41) is 8.72. The van der Waals surface area contributed by atoms with Crippen LogP contribution in [0.15, 0.2) is 0 Å². The Hall–Kier alpha value is -1.11. The quantitative estimate of drug-likeness (QED) is 0.701. The van der Waals surface area contributed by atoms with Gasteiger partial charge in [0, 0.05) is 14.1 Å². The lowest BCUT2D eigenvalue weighted by Crippen LogP contribution is -2.45. The molecule has 0 aromatic carbocycles. The third-order valence-corrected chi connectivity index (χ3v) is 4.46. The average Bonchev–Trinajstić information content (AvgIpc) is 2.02. The molecule has 0 bridgehead atoms. The van der Waals surface area contributed by atoms with E-state index >= 15 is 0 Å². The van der Waals surface area contributed by atoms with E-state index in [1.54, 1.807) is 0 Å². The van der Waals surface area contributed by atoms with E-state index < -0.39 is 32.2 Å². The van der Waals surface area contributed by atoms with E-state index in [1.165, 1.54) is 14.1 Å². The van der Waals surface area contributed by atoms with Crippen LogP contribution in [0.4, 0.5) is 0 Å². The van der Waals surface area contributed by atoms with Crippen LogP contribution in [-0.2, 0) is 19.4 Å². The van der Waals surface area contributed by atoms with Gasteiger partial charge in [0.05, 0.1) is 0 Å². The Balaban J connectivity index is 5.03. The zero-order chi connectivity index (χ0) is 12.4. The highest BCUT2D eigenvalue weighted by Gasteiger charge is 2.43. The van der Waals surface area contributed by atoms with Crippen molar-refractivity contribution in [3.63, 3.8) is 0 Å². The molecule has 88 valence electrons. The third-order valence-electron chi connectivity index (χ3n) is 2.10. The van der Waals surface area contributed by atoms with Crippen molar-refractivity contribution in [2.75, 3.05) is 19.8 Å². The molecule has 0 heterocycles. The molecule has 1 N–H and O–H groups in total. The minimum Gasteiger partial charge on any atom is -0.480 e. The van der Waals surface area contributed by atoms with Crippen molar-refractivity contribution < 1.29 is 23.1 Å². The van der Waals surface area contributed by atoms with Crippen LogP contribution in [0.2, 0.25) is 0 Å². The number of hydrogen-bond acceptors (Lipinski definition) is 4. The fraction of sp³-hybridized carbons (Fsp3) is 0.750. The second kappa shape index (κ2) is 4.18. The number of aliphatic carboxylic acids is 1. The Morgan fingerprint density at radius 3 is 1.93 bits per heavy atom. The number of amides is 1. The highest BCUT2D eigenvalue weighted by atomic mass is 32.2. The standard InChI is InChI=1S/C8H15NO5S/c1-8(2,7(11)12)15(13,14)5-6(10)9(3)4/h5H2,1-4H3,(H,11,12). The van der Waals surface area contributed by atoms with Crippen LogP contribution in [0, 0.1) is 0 Å². The molecule has 0 aromatic heterocycles. The summed E-state index contributed by atoms with van der Waals surface area (Å²) in [6.45, 7) is 2.13. The van der Waals surface area contributed by atoms with E-state index in [4.69, 9.17) is 5.11 Å². The van der Waals surface area contributed by atoms with Crippen LogP contribution in [0.5, 0.6) is 0 Å². The van der Waals surface area contributed by atoms with Crippen molar-refractivity contribution in [2.45, 2.75) is 18.6 Å². The van der Waals surface area contributed by atoms with Gasteiger partial charge in [0.2, 0.25) is 5.91 Å². The molecule has 0 spiro atoms. The molecule has 0 saturated heterocycles. The number of carbonyl (C=O) groups excluding carboxylic acids is 1. The van der Waals surface area contributed by atoms with Crippen molar-refractivity contribution in [1.82, 2.24) is 4.90 Å². The van der Waals surface area contributed by atoms with Crippen molar-refractivity contribution >= 4 is 21.7 Å². The monoisotopic (exact) mass is 237 g/mol. The topological polar surface area (TPSA) is 91.8 Å². The van der Waals surface area contributed by atoms with E-state index in [0.29, 0.717) is 0 Å². The van der Waals surface area contributed by atoms with Gasteiger partial charge >= 0.3 is 5.97 Å². The van der Waals surface area contributed by atoms with Gasteiger partial charge in [-0.25, -0.2) is 8.42 Å². The molecule has 0 atom stereocenters. The first-order valence-corrected chi connectivity index (χ1v) is 5.83. The van der Waals surface area contributed by atoms with E-state index in [9.17, 15) is 18.0 Å². The lowest BCUT2D eigenvalue weighted by atomic mass is 10.2. The second-order valence-electron chi connectivity index (χ2n) is 3.86. The molecular weight excluding hydrogens is 222 g/mol. The van der Waals surface area contributed by atoms with Gasteiger partial charge in [-0.1, -0.05) is 0 Å². The molecule has 0 aliphatic carbocycles. The van der Waals surface area contributed by atoms with Crippen LogP contribution in [0.25, 0.3) is 0 Å². The summed E-state index contributed by atoms with van der Waals surface area (Å²) in [6.07, 6.45) is 0. The molecular formula is C8H15NO5S. The van der Waals surface area contributed by atoms with Crippen molar-refractivity contribution in [2.24, 2.45) is 0 Å². The maximum absolute atomic E-state index is 11.6. The van der Waals surface area contributed by atoms with Gasteiger partial charge in [0.15, 0.2) is 14.6 Å². The number of carboxylic acid groups (broad SMARTS) is 1. The first-order chi connectivity index (χ1) is 6.52. The number of rotatable bonds is 4. The smallest absolute Gasteiger partial charge is 0.324 e. The van der Waals surface area contributed by atoms with Crippen LogP contribution < -0.4 is 0 Å². The number of nitrogens with zero attached hydrogens (tertiary/aromatic N) is 1. The molecule has 0 unspecified atom stereocenters. The SMILES string of the molecule is CN(C)C(=O)CS(=O)(=O)C(C)(C)C(=O)O. The molecule has 0 rings (SSSR count). The van der Waals surface area contributed by atoms with Gasteiger partial charge in [0.1, 0.15) is 5.75 Å². The minimum absolute atomic E-state index is 0.635. The largest absolute Gasteiger partial charge is 0.480 e. The van der Waals surface area contributed by atoms with Gasteiger partial charge in [-0.15, -0.1) is 0 Å². The third kappa shape index (κ3) is 2.92. The highest BCUT2D eigenvalue weighted by molar-refractivity contribution is 7.94. The summed E-state index contributed by atoms with van der Waals surface area (Å²) in [5.74, 6) is -2.89. The first kappa shape index (κ1) is 13.9. The Kier molecular flexibility index (Phi) is 3.87. The molecule has 6 nitrogen and oxygen atoms in total. The fourth-order valence-electron chi connectivity index (χ4n) is 0.605. The summed E-state index contributed by atoms with van der Waals surface area (Å²) in [5.41, 5.74) is 0. The Morgan fingerprint density at radius 2 is 1.67 bits per heavy atom. The summed E-state index contributed by atoms with van der Waals surface area (Å²) in [4.78, 5) is 23.0. The van der Waals surface area contributed by atoms with Crippen LogP contribution in [-0.4, -0.2) is 54.9 Å². The van der Waals surface area contributed by atoms with Gasteiger partial charge in [-0.05, 0) is 13.8 Å². The van der Waals surface area contributed by atoms with Crippen LogP contribution in [0.1, 0.15) is 13.8 Å².